The lowest BCUT2D eigenvalue weighted by molar-refractivity contribution is -1.09. The van der Waals surface area contributed by atoms with E-state index in [1.54, 1.807) is 6.92 Å². The van der Waals surface area contributed by atoms with E-state index in [1.165, 1.54) is 0 Å². The Morgan fingerprint density at radius 3 is 1.73 bits per heavy atom. The van der Waals surface area contributed by atoms with E-state index in [0.717, 1.165) is 6.67 Å². The lowest BCUT2D eigenvalue weighted by Crippen LogP contribution is -2.59. The lowest BCUT2D eigenvalue weighted by atomic mass is 10.4. The highest BCUT2D eigenvalue weighted by molar-refractivity contribution is 4.29. The summed E-state index contributed by atoms with van der Waals surface area (Å²) in [5.41, 5.74) is 0. The predicted molar refractivity (Wildman–Crippen MR) is 56.6 cm³/mol. The van der Waals surface area contributed by atoms with Gasteiger partial charge in [-0.05, 0) is 0 Å². The SMILES string of the molecule is CC(O)[N+](C)(C)C[N+](C)(C)CCO.[OH-].[OH-]. The highest BCUT2D eigenvalue weighted by Gasteiger charge is 2.30. The highest BCUT2D eigenvalue weighted by Crippen LogP contribution is 2.09. The summed E-state index contributed by atoms with van der Waals surface area (Å²) in [7, 11) is 8.08. The second-order valence-corrected chi connectivity index (χ2v) is 4.93. The molecule has 0 fully saturated rings. The Morgan fingerprint density at radius 2 is 1.47 bits per heavy atom. The smallest absolute Gasteiger partial charge is 0.208 e. The number of quaternary nitrogens is 2. The Morgan fingerprint density at radius 1 is 1.07 bits per heavy atom. The van der Waals surface area contributed by atoms with Gasteiger partial charge in [0.25, 0.3) is 0 Å². The maximum Gasteiger partial charge on any atom is 0.208 e. The first-order valence-corrected chi connectivity index (χ1v) is 4.65. The van der Waals surface area contributed by atoms with Crippen LogP contribution >= 0.6 is 0 Å². The molecule has 96 valence electrons. The van der Waals surface area contributed by atoms with Gasteiger partial charge in [0, 0.05) is 6.92 Å². The van der Waals surface area contributed by atoms with Gasteiger partial charge in [-0.3, -0.25) is 8.97 Å². The molecule has 0 aliphatic carbocycles. The second-order valence-electron chi connectivity index (χ2n) is 4.93. The number of hydrogen-bond acceptors (Lipinski definition) is 4. The van der Waals surface area contributed by atoms with Crippen LogP contribution in [0.25, 0.3) is 0 Å². The van der Waals surface area contributed by atoms with Crippen LogP contribution in [0.1, 0.15) is 6.92 Å². The molecule has 0 saturated carbocycles. The lowest BCUT2D eigenvalue weighted by Gasteiger charge is -2.39. The Balaban J connectivity index is -0.000000720. The van der Waals surface area contributed by atoms with E-state index >= 15 is 0 Å². The van der Waals surface area contributed by atoms with Crippen LogP contribution in [-0.2, 0) is 0 Å². The summed E-state index contributed by atoms with van der Waals surface area (Å²) < 4.78 is 1.27. The minimum atomic E-state index is -0.379. The molecule has 0 aliphatic heterocycles. The van der Waals surface area contributed by atoms with E-state index in [0.29, 0.717) is 15.5 Å². The summed E-state index contributed by atoms with van der Waals surface area (Å²) >= 11 is 0. The molecule has 1 unspecified atom stereocenters. The van der Waals surface area contributed by atoms with Crippen molar-refractivity contribution in [2.75, 3.05) is 48.0 Å². The van der Waals surface area contributed by atoms with Crippen LogP contribution < -0.4 is 0 Å². The van der Waals surface area contributed by atoms with Crippen LogP contribution in [-0.4, -0.2) is 84.4 Å². The molecule has 0 radical (unpaired) electrons. The van der Waals surface area contributed by atoms with Crippen molar-refractivity contribution in [2.45, 2.75) is 13.2 Å². The van der Waals surface area contributed by atoms with Gasteiger partial charge in [-0.25, -0.2) is 0 Å². The molecule has 0 bridgehead atoms. The molecule has 0 spiro atoms. The Hall–Kier alpha value is -0.240. The highest BCUT2D eigenvalue weighted by atomic mass is 16.3. The molecular formula is C9H26N2O4. The number of hydrogen-bond donors (Lipinski definition) is 2. The first-order chi connectivity index (χ1) is 5.71. The monoisotopic (exact) mass is 226 g/mol. The minimum Gasteiger partial charge on any atom is -0.870 e. The van der Waals surface area contributed by atoms with Crippen LogP contribution in [0.15, 0.2) is 0 Å². The second kappa shape index (κ2) is 7.10. The standard InChI is InChI=1S/C9H24N2O2.2H2O/c1-9(13)11(4,5)8-10(2,3)6-7-12;;/h9,12-13H,6-8H2,1-5H3;2*1H2/q+2;;/p-2. The van der Waals surface area contributed by atoms with E-state index in [4.69, 9.17) is 5.11 Å². The predicted octanol–water partition coefficient (Wildman–Crippen LogP) is -0.926. The zero-order valence-corrected chi connectivity index (χ0v) is 10.4. The third-order valence-corrected chi connectivity index (χ3v) is 2.46. The van der Waals surface area contributed by atoms with Gasteiger partial charge < -0.3 is 21.2 Å². The fourth-order valence-electron chi connectivity index (χ4n) is 1.45. The van der Waals surface area contributed by atoms with Gasteiger partial charge in [0.2, 0.25) is 6.67 Å². The van der Waals surface area contributed by atoms with Crippen molar-refractivity contribution in [3.8, 4) is 0 Å². The maximum atomic E-state index is 9.51. The van der Waals surface area contributed by atoms with Crippen molar-refractivity contribution in [3.05, 3.63) is 0 Å². The number of likely N-dealkylation sites (N-methyl/N-ethyl adjacent to an activating group) is 1. The topological polar surface area (TPSA) is 100 Å². The molecule has 6 nitrogen and oxygen atoms in total. The summed E-state index contributed by atoms with van der Waals surface area (Å²) in [6.07, 6.45) is -0.379. The van der Waals surface area contributed by atoms with Crippen LogP contribution in [0.2, 0.25) is 0 Å². The van der Waals surface area contributed by atoms with Crippen LogP contribution in [0.3, 0.4) is 0 Å². The van der Waals surface area contributed by atoms with Crippen molar-refractivity contribution in [2.24, 2.45) is 0 Å². The molecule has 0 aliphatic rings. The van der Waals surface area contributed by atoms with E-state index in [-0.39, 0.29) is 23.8 Å². The number of aliphatic hydroxyl groups excluding tert-OH is 2. The molecule has 0 aromatic heterocycles. The summed E-state index contributed by atoms with van der Waals surface area (Å²) in [6, 6.07) is 0. The van der Waals surface area contributed by atoms with Gasteiger partial charge in [-0.2, -0.15) is 0 Å². The summed E-state index contributed by atoms with van der Waals surface area (Å²) in [5.74, 6) is 0. The third kappa shape index (κ3) is 7.66. The van der Waals surface area contributed by atoms with Crippen molar-refractivity contribution in [3.63, 3.8) is 0 Å². The van der Waals surface area contributed by atoms with Crippen molar-refractivity contribution in [1.82, 2.24) is 0 Å². The molecule has 6 heteroatoms. The quantitative estimate of drug-likeness (QED) is 0.467. The zero-order chi connectivity index (χ0) is 10.7. The Labute approximate surface area is 92.1 Å². The summed E-state index contributed by atoms with van der Waals surface area (Å²) in [6.45, 7) is 3.50. The first-order valence-electron chi connectivity index (χ1n) is 4.65. The van der Waals surface area contributed by atoms with Crippen LogP contribution in [0.4, 0.5) is 0 Å². The molecular weight excluding hydrogens is 200 g/mol. The fourth-order valence-corrected chi connectivity index (χ4v) is 1.45. The van der Waals surface area contributed by atoms with Gasteiger partial charge in [0.15, 0.2) is 6.23 Å². The van der Waals surface area contributed by atoms with Gasteiger partial charge in [-0.1, -0.05) is 0 Å². The molecule has 0 aromatic rings. The van der Waals surface area contributed by atoms with E-state index in [9.17, 15) is 5.11 Å². The zero-order valence-electron chi connectivity index (χ0n) is 10.4. The summed E-state index contributed by atoms with van der Waals surface area (Å²) in [4.78, 5) is 0. The van der Waals surface area contributed by atoms with Crippen molar-refractivity contribution in [1.29, 1.82) is 0 Å². The largest absolute Gasteiger partial charge is 0.870 e. The van der Waals surface area contributed by atoms with E-state index in [2.05, 4.69) is 14.1 Å². The molecule has 15 heavy (non-hydrogen) atoms. The number of nitrogens with zero attached hydrogens (tertiary/aromatic N) is 2. The summed E-state index contributed by atoms with van der Waals surface area (Å²) in [5, 5.41) is 18.4. The number of aliphatic hydroxyl groups is 2. The normalized spacial score (nSPS) is 13.8. The van der Waals surface area contributed by atoms with E-state index < -0.39 is 0 Å². The fraction of sp³-hybridized carbons (Fsp3) is 1.00. The molecule has 0 heterocycles. The van der Waals surface area contributed by atoms with Gasteiger partial charge in [0.05, 0.1) is 34.8 Å². The molecule has 0 aromatic carbocycles. The average Bonchev–Trinajstić information content (AvgIpc) is 1.83. The van der Waals surface area contributed by atoms with Gasteiger partial charge in [-0.15, -0.1) is 0 Å². The van der Waals surface area contributed by atoms with Gasteiger partial charge >= 0.3 is 0 Å². The maximum absolute atomic E-state index is 9.51. The Bertz CT molecular complexity index is 160. The first kappa shape index (κ1) is 20.2. The van der Waals surface area contributed by atoms with Crippen LogP contribution in [0.5, 0.6) is 0 Å². The molecule has 4 N–H and O–H groups in total. The third-order valence-electron chi connectivity index (χ3n) is 2.46. The molecule has 0 rings (SSSR count). The van der Waals surface area contributed by atoms with Gasteiger partial charge in [0.1, 0.15) is 6.54 Å². The number of rotatable bonds is 5. The van der Waals surface area contributed by atoms with Crippen LogP contribution in [0, 0.1) is 0 Å². The Kier molecular flexibility index (Phi) is 9.57. The van der Waals surface area contributed by atoms with Crippen molar-refractivity contribution >= 4 is 0 Å². The van der Waals surface area contributed by atoms with Crippen molar-refractivity contribution < 1.29 is 30.1 Å². The molecule has 0 amide bonds. The minimum absolute atomic E-state index is 0. The molecule has 0 saturated heterocycles. The average molecular weight is 226 g/mol. The van der Waals surface area contributed by atoms with E-state index in [1.807, 2.05) is 14.1 Å². The molecule has 1 atom stereocenters.